The molecule has 0 saturated carbocycles. The summed E-state index contributed by atoms with van der Waals surface area (Å²) in [6.07, 6.45) is 2.32. The van der Waals surface area contributed by atoms with Crippen LogP contribution in [0, 0.1) is 5.92 Å². The highest BCUT2D eigenvalue weighted by atomic mass is 16.5. The molecule has 0 aliphatic carbocycles. The van der Waals surface area contributed by atoms with E-state index in [9.17, 15) is 9.59 Å². The molecule has 0 heterocycles. The number of ether oxygens (including phenoxy) is 2. The quantitative estimate of drug-likeness (QED) is 0.558. The Hall–Kier alpha value is -2.08. The topological polar surface area (TPSA) is 76.7 Å². The SMILES string of the molecule is CCCCOCCCNC(=O)[C@@H](NC(=O)OCc1ccccc1)C(C)C. The molecule has 1 aromatic rings. The molecule has 0 bridgehead atoms. The Labute approximate surface area is 156 Å². The zero-order valence-corrected chi connectivity index (χ0v) is 16.1. The molecule has 1 atom stereocenters. The fourth-order valence-corrected chi connectivity index (χ4v) is 2.27. The van der Waals surface area contributed by atoms with E-state index in [2.05, 4.69) is 17.6 Å². The van der Waals surface area contributed by atoms with Gasteiger partial charge in [0.05, 0.1) is 0 Å². The number of unbranched alkanes of at least 4 members (excludes halogenated alkanes) is 1. The zero-order valence-electron chi connectivity index (χ0n) is 16.1. The summed E-state index contributed by atoms with van der Waals surface area (Å²) in [5.74, 6) is -0.245. The average Bonchev–Trinajstić information content (AvgIpc) is 2.64. The maximum absolute atomic E-state index is 12.3. The molecule has 0 saturated heterocycles. The van der Waals surface area contributed by atoms with Gasteiger partial charge in [0.25, 0.3) is 0 Å². The van der Waals surface area contributed by atoms with Gasteiger partial charge in [0.2, 0.25) is 5.91 Å². The first-order valence-electron chi connectivity index (χ1n) is 9.37. The molecule has 1 aromatic carbocycles. The van der Waals surface area contributed by atoms with E-state index >= 15 is 0 Å². The summed E-state index contributed by atoms with van der Waals surface area (Å²) < 4.78 is 10.7. The van der Waals surface area contributed by atoms with Crippen LogP contribution in [0.1, 0.15) is 45.6 Å². The smallest absolute Gasteiger partial charge is 0.408 e. The molecular formula is C20H32N2O4. The van der Waals surface area contributed by atoms with E-state index in [0.29, 0.717) is 13.2 Å². The van der Waals surface area contributed by atoms with Crippen LogP contribution in [0.2, 0.25) is 0 Å². The summed E-state index contributed by atoms with van der Waals surface area (Å²) in [4.78, 5) is 24.3. The van der Waals surface area contributed by atoms with Crippen molar-refractivity contribution in [3.05, 3.63) is 35.9 Å². The fourth-order valence-electron chi connectivity index (χ4n) is 2.27. The molecule has 1 rings (SSSR count). The van der Waals surface area contributed by atoms with Crippen LogP contribution >= 0.6 is 0 Å². The van der Waals surface area contributed by atoms with Crippen molar-refractivity contribution in [3.8, 4) is 0 Å². The number of amides is 2. The van der Waals surface area contributed by atoms with Crippen LogP contribution in [-0.2, 0) is 20.9 Å². The Morgan fingerprint density at radius 2 is 1.77 bits per heavy atom. The number of alkyl carbamates (subject to hydrolysis) is 1. The molecule has 0 aliphatic rings. The zero-order chi connectivity index (χ0) is 19.2. The van der Waals surface area contributed by atoms with Gasteiger partial charge in [0.15, 0.2) is 0 Å². The van der Waals surface area contributed by atoms with Gasteiger partial charge in [-0.2, -0.15) is 0 Å². The third-order valence-electron chi connectivity index (χ3n) is 3.84. The third kappa shape index (κ3) is 9.42. The number of hydrogen-bond donors (Lipinski definition) is 2. The fraction of sp³-hybridized carbons (Fsp3) is 0.600. The highest BCUT2D eigenvalue weighted by molar-refractivity contribution is 5.85. The Kier molecular flexibility index (Phi) is 11.1. The molecule has 6 heteroatoms. The van der Waals surface area contributed by atoms with E-state index in [0.717, 1.165) is 31.4 Å². The molecule has 0 unspecified atom stereocenters. The van der Waals surface area contributed by atoms with Gasteiger partial charge in [-0.05, 0) is 24.3 Å². The van der Waals surface area contributed by atoms with Crippen LogP contribution in [0.3, 0.4) is 0 Å². The van der Waals surface area contributed by atoms with Gasteiger partial charge >= 0.3 is 6.09 Å². The van der Waals surface area contributed by atoms with Gasteiger partial charge in [0, 0.05) is 19.8 Å². The van der Waals surface area contributed by atoms with E-state index in [1.54, 1.807) is 0 Å². The van der Waals surface area contributed by atoms with Crippen LogP contribution in [0.15, 0.2) is 30.3 Å². The van der Waals surface area contributed by atoms with Crippen molar-refractivity contribution in [2.75, 3.05) is 19.8 Å². The lowest BCUT2D eigenvalue weighted by atomic mass is 10.0. The van der Waals surface area contributed by atoms with E-state index in [1.807, 2.05) is 44.2 Å². The molecular weight excluding hydrogens is 332 g/mol. The van der Waals surface area contributed by atoms with E-state index in [4.69, 9.17) is 9.47 Å². The third-order valence-corrected chi connectivity index (χ3v) is 3.84. The Morgan fingerprint density at radius 3 is 2.42 bits per heavy atom. The van der Waals surface area contributed by atoms with Crippen LogP contribution < -0.4 is 10.6 Å². The second-order valence-corrected chi connectivity index (χ2v) is 6.54. The van der Waals surface area contributed by atoms with Crippen LogP contribution in [-0.4, -0.2) is 37.8 Å². The molecule has 0 radical (unpaired) electrons. The number of carbonyl (C=O) groups is 2. The Bertz CT molecular complexity index is 520. The number of nitrogens with one attached hydrogen (secondary N) is 2. The first-order valence-corrected chi connectivity index (χ1v) is 9.37. The number of benzene rings is 1. The van der Waals surface area contributed by atoms with Crippen molar-refractivity contribution in [1.82, 2.24) is 10.6 Å². The lowest BCUT2D eigenvalue weighted by Gasteiger charge is -2.21. The van der Waals surface area contributed by atoms with Crippen molar-refractivity contribution in [2.24, 2.45) is 5.92 Å². The lowest BCUT2D eigenvalue weighted by molar-refractivity contribution is -0.124. The van der Waals surface area contributed by atoms with Crippen LogP contribution in [0.4, 0.5) is 4.79 Å². The van der Waals surface area contributed by atoms with E-state index < -0.39 is 12.1 Å². The second kappa shape index (κ2) is 13.2. The maximum Gasteiger partial charge on any atom is 0.408 e. The van der Waals surface area contributed by atoms with Crippen molar-refractivity contribution in [1.29, 1.82) is 0 Å². The lowest BCUT2D eigenvalue weighted by Crippen LogP contribution is -2.50. The van der Waals surface area contributed by atoms with E-state index in [-0.39, 0.29) is 18.4 Å². The number of hydrogen-bond acceptors (Lipinski definition) is 4. The van der Waals surface area contributed by atoms with Gasteiger partial charge in [0.1, 0.15) is 12.6 Å². The average molecular weight is 364 g/mol. The van der Waals surface area contributed by atoms with Gasteiger partial charge in [-0.25, -0.2) is 4.79 Å². The summed E-state index contributed by atoms with van der Waals surface area (Å²) >= 11 is 0. The summed E-state index contributed by atoms with van der Waals surface area (Å²) in [5, 5.41) is 5.50. The predicted octanol–water partition coefficient (Wildman–Crippen LogP) is 3.26. The summed E-state index contributed by atoms with van der Waals surface area (Å²) in [5.41, 5.74) is 0.899. The second-order valence-electron chi connectivity index (χ2n) is 6.54. The largest absolute Gasteiger partial charge is 0.445 e. The molecule has 2 N–H and O–H groups in total. The molecule has 0 aliphatic heterocycles. The van der Waals surface area contributed by atoms with Crippen molar-refractivity contribution in [2.45, 2.75) is 52.7 Å². The summed E-state index contributed by atoms with van der Waals surface area (Å²) in [6.45, 7) is 7.97. The van der Waals surface area contributed by atoms with Crippen LogP contribution in [0.5, 0.6) is 0 Å². The highest BCUT2D eigenvalue weighted by Gasteiger charge is 2.24. The number of carbonyl (C=O) groups excluding carboxylic acids is 2. The minimum absolute atomic E-state index is 0.0416. The van der Waals surface area contributed by atoms with E-state index in [1.165, 1.54) is 0 Å². The molecule has 146 valence electrons. The monoisotopic (exact) mass is 364 g/mol. The van der Waals surface area contributed by atoms with Crippen LogP contribution in [0.25, 0.3) is 0 Å². The standard InChI is InChI=1S/C20H32N2O4/c1-4-5-13-25-14-9-12-21-19(23)18(16(2)3)22-20(24)26-15-17-10-7-6-8-11-17/h6-8,10-11,16,18H,4-5,9,12-15H2,1-3H3,(H,21,23)(H,22,24)/t18-/m0/s1. The molecule has 0 fully saturated rings. The normalized spacial score (nSPS) is 11.8. The first kappa shape index (κ1) is 22.0. The molecule has 6 nitrogen and oxygen atoms in total. The van der Waals surface area contributed by atoms with Crippen molar-refractivity contribution in [3.63, 3.8) is 0 Å². The first-order chi connectivity index (χ1) is 12.5. The highest BCUT2D eigenvalue weighted by Crippen LogP contribution is 2.04. The molecule has 2 amide bonds. The van der Waals surface area contributed by atoms with Gasteiger partial charge in [-0.3, -0.25) is 4.79 Å². The van der Waals surface area contributed by atoms with Crippen molar-refractivity contribution >= 4 is 12.0 Å². The minimum atomic E-state index is -0.626. The molecule has 0 spiro atoms. The maximum atomic E-state index is 12.3. The summed E-state index contributed by atoms with van der Waals surface area (Å²) in [7, 11) is 0. The van der Waals surface area contributed by atoms with Gasteiger partial charge in [-0.1, -0.05) is 57.5 Å². The Balaban J connectivity index is 2.30. The minimum Gasteiger partial charge on any atom is -0.445 e. The molecule has 0 aromatic heterocycles. The van der Waals surface area contributed by atoms with Gasteiger partial charge in [-0.15, -0.1) is 0 Å². The Morgan fingerprint density at radius 1 is 1.08 bits per heavy atom. The molecule has 26 heavy (non-hydrogen) atoms. The summed E-state index contributed by atoms with van der Waals surface area (Å²) in [6, 6.07) is 8.79. The van der Waals surface area contributed by atoms with Crippen molar-refractivity contribution < 1.29 is 19.1 Å². The number of rotatable bonds is 12. The van der Waals surface area contributed by atoms with Gasteiger partial charge < -0.3 is 20.1 Å². The predicted molar refractivity (Wildman–Crippen MR) is 102 cm³/mol.